The summed E-state index contributed by atoms with van der Waals surface area (Å²) >= 11 is 0. The van der Waals surface area contributed by atoms with E-state index in [0.717, 1.165) is 39.0 Å². The highest BCUT2D eigenvalue weighted by Crippen LogP contribution is 2.30. The summed E-state index contributed by atoms with van der Waals surface area (Å²) in [7, 11) is 0. The molecule has 4 nitrogen and oxygen atoms in total. The van der Waals surface area contributed by atoms with Crippen molar-refractivity contribution in [3.63, 3.8) is 0 Å². The molecule has 0 spiro atoms. The first kappa shape index (κ1) is 16.8. The van der Waals surface area contributed by atoms with Gasteiger partial charge < -0.3 is 10.6 Å². The Labute approximate surface area is 130 Å². The summed E-state index contributed by atoms with van der Waals surface area (Å²) in [5.74, 6) is 0.998. The summed E-state index contributed by atoms with van der Waals surface area (Å²) in [5.41, 5.74) is 6.08. The van der Waals surface area contributed by atoms with Gasteiger partial charge >= 0.3 is 0 Å². The highest BCUT2D eigenvalue weighted by molar-refractivity contribution is 5.79. The van der Waals surface area contributed by atoms with E-state index in [4.69, 9.17) is 5.73 Å². The maximum absolute atomic E-state index is 12.7. The highest BCUT2D eigenvalue weighted by atomic mass is 16.2. The summed E-state index contributed by atoms with van der Waals surface area (Å²) in [6.45, 7) is 10.5. The minimum absolute atomic E-state index is 0.145. The molecule has 1 heterocycles. The van der Waals surface area contributed by atoms with Gasteiger partial charge in [-0.05, 0) is 38.5 Å². The van der Waals surface area contributed by atoms with Crippen LogP contribution >= 0.6 is 0 Å². The molecule has 4 unspecified atom stereocenters. The number of piperazine rings is 1. The van der Waals surface area contributed by atoms with Crippen molar-refractivity contribution in [1.29, 1.82) is 0 Å². The Hall–Kier alpha value is -0.610. The molecule has 1 aliphatic heterocycles. The number of rotatable bonds is 4. The molecule has 2 fully saturated rings. The third-order valence-electron chi connectivity index (χ3n) is 5.69. The van der Waals surface area contributed by atoms with Crippen LogP contribution in [0.3, 0.4) is 0 Å². The second-order valence-corrected chi connectivity index (χ2v) is 7.09. The quantitative estimate of drug-likeness (QED) is 0.864. The molecule has 1 saturated heterocycles. The Morgan fingerprint density at radius 1 is 1.19 bits per heavy atom. The second kappa shape index (κ2) is 7.59. The van der Waals surface area contributed by atoms with E-state index in [0.29, 0.717) is 23.9 Å². The van der Waals surface area contributed by atoms with Crippen LogP contribution in [0.15, 0.2) is 0 Å². The second-order valence-electron chi connectivity index (χ2n) is 7.09. The van der Waals surface area contributed by atoms with Crippen LogP contribution in [0, 0.1) is 11.8 Å². The number of nitrogens with zero attached hydrogens (tertiary/aromatic N) is 2. The van der Waals surface area contributed by atoms with Crippen LogP contribution in [0.25, 0.3) is 0 Å². The monoisotopic (exact) mass is 295 g/mol. The molecular weight excluding hydrogens is 262 g/mol. The minimum Gasteiger partial charge on any atom is -0.340 e. The Morgan fingerprint density at radius 3 is 2.43 bits per heavy atom. The molecule has 1 saturated carbocycles. The fourth-order valence-corrected chi connectivity index (χ4v) is 3.85. The molecule has 21 heavy (non-hydrogen) atoms. The molecule has 1 aliphatic carbocycles. The van der Waals surface area contributed by atoms with Gasteiger partial charge in [0.05, 0.1) is 0 Å². The lowest BCUT2D eigenvalue weighted by Crippen LogP contribution is -2.53. The summed E-state index contributed by atoms with van der Waals surface area (Å²) in [6, 6.07) is 0.942. The van der Waals surface area contributed by atoms with E-state index in [2.05, 4.69) is 30.6 Å². The molecule has 0 bridgehead atoms. The van der Waals surface area contributed by atoms with Gasteiger partial charge in [0.25, 0.3) is 0 Å². The number of carbonyl (C=O) groups is 1. The number of hydrogen-bond donors (Lipinski definition) is 1. The van der Waals surface area contributed by atoms with Crippen molar-refractivity contribution in [3.05, 3.63) is 0 Å². The average molecular weight is 295 g/mol. The number of amides is 1. The lowest BCUT2D eigenvalue weighted by atomic mass is 9.78. The van der Waals surface area contributed by atoms with Crippen molar-refractivity contribution in [2.24, 2.45) is 17.6 Å². The first-order valence-electron chi connectivity index (χ1n) is 8.81. The SMILES string of the molecule is CCC(C)N1CCN(C(=O)C(C)C2CCCC(N)C2)CC1. The molecule has 0 aromatic carbocycles. The smallest absolute Gasteiger partial charge is 0.225 e. The van der Waals surface area contributed by atoms with Gasteiger partial charge in [-0.25, -0.2) is 0 Å². The molecule has 4 atom stereocenters. The molecule has 2 rings (SSSR count). The molecule has 122 valence electrons. The Bertz CT molecular complexity index is 339. The van der Waals surface area contributed by atoms with Crippen molar-refractivity contribution in [2.45, 2.75) is 65.0 Å². The lowest BCUT2D eigenvalue weighted by molar-refractivity contribution is -0.139. The molecule has 2 N–H and O–H groups in total. The molecule has 2 aliphatic rings. The van der Waals surface area contributed by atoms with Gasteiger partial charge in [0.2, 0.25) is 5.91 Å². The van der Waals surface area contributed by atoms with E-state index in [1.165, 1.54) is 19.3 Å². The average Bonchev–Trinajstić information content (AvgIpc) is 2.53. The molecule has 0 aromatic heterocycles. The minimum atomic E-state index is 0.145. The van der Waals surface area contributed by atoms with Gasteiger partial charge in [0.15, 0.2) is 0 Å². The standard InChI is InChI=1S/C17H33N3O/c1-4-13(2)19-8-10-20(11-9-19)17(21)14(3)15-6-5-7-16(18)12-15/h13-16H,4-12,18H2,1-3H3. The summed E-state index contributed by atoms with van der Waals surface area (Å²) in [5, 5.41) is 0. The van der Waals surface area contributed by atoms with Gasteiger partial charge in [0, 0.05) is 44.2 Å². The van der Waals surface area contributed by atoms with Crippen LogP contribution in [0.1, 0.15) is 52.9 Å². The van der Waals surface area contributed by atoms with Crippen LogP contribution in [0.5, 0.6) is 0 Å². The van der Waals surface area contributed by atoms with Crippen LogP contribution in [0.4, 0.5) is 0 Å². The molecular formula is C17H33N3O. The van der Waals surface area contributed by atoms with E-state index >= 15 is 0 Å². The number of nitrogens with two attached hydrogens (primary N) is 1. The van der Waals surface area contributed by atoms with Gasteiger partial charge in [0.1, 0.15) is 0 Å². The van der Waals surface area contributed by atoms with Gasteiger partial charge in [-0.3, -0.25) is 9.69 Å². The van der Waals surface area contributed by atoms with Crippen LogP contribution in [0.2, 0.25) is 0 Å². The predicted octanol–water partition coefficient (Wildman–Crippen LogP) is 2.08. The van der Waals surface area contributed by atoms with E-state index in [-0.39, 0.29) is 5.92 Å². The van der Waals surface area contributed by atoms with E-state index in [9.17, 15) is 4.79 Å². The largest absolute Gasteiger partial charge is 0.340 e. The topological polar surface area (TPSA) is 49.6 Å². The van der Waals surface area contributed by atoms with Crippen molar-refractivity contribution < 1.29 is 4.79 Å². The first-order valence-corrected chi connectivity index (χ1v) is 8.81. The summed E-state index contributed by atoms with van der Waals surface area (Å²) < 4.78 is 0. The fraction of sp³-hybridized carbons (Fsp3) is 0.941. The lowest BCUT2D eigenvalue weighted by Gasteiger charge is -2.40. The zero-order valence-corrected chi connectivity index (χ0v) is 14.1. The van der Waals surface area contributed by atoms with Crippen molar-refractivity contribution in [3.8, 4) is 0 Å². The van der Waals surface area contributed by atoms with Crippen LogP contribution < -0.4 is 5.73 Å². The third-order valence-corrected chi connectivity index (χ3v) is 5.69. The maximum Gasteiger partial charge on any atom is 0.225 e. The highest BCUT2D eigenvalue weighted by Gasteiger charge is 2.32. The Morgan fingerprint density at radius 2 is 1.86 bits per heavy atom. The molecule has 4 heteroatoms. The predicted molar refractivity (Wildman–Crippen MR) is 87.0 cm³/mol. The number of hydrogen-bond acceptors (Lipinski definition) is 3. The molecule has 0 radical (unpaired) electrons. The van der Waals surface area contributed by atoms with Crippen LogP contribution in [-0.4, -0.2) is 54.0 Å². The number of carbonyl (C=O) groups excluding carboxylic acids is 1. The summed E-state index contributed by atoms with van der Waals surface area (Å²) in [6.07, 6.45) is 5.70. The van der Waals surface area contributed by atoms with Crippen LogP contribution in [-0.2, 0) is 4.79 Å². The Kier molecular flexibility index (Phi) is 6.06. The molecule has 1 amide bonds. The van der Waals surface area contributed by atoms with Crippen molar-refractivity contribution >= 4 is 5.91 Å². The van der Waals surface area contributed by atoms with E-state index < -0.39 is 0 Å². The van der Waals surface area contributed by atoms with Crippen molar-refractivity contribution in [2.75, 3.05) is 26.2 Å². The first-order chi connectivity index (χ1) is 10.0. The third kappa shape index (κ3) is 4.19. The zero-order chi connectivity index (χ0) is 15.4. The van der Waals surface area contributed by atoms with Crippen molar-refractivity contribution in [1.82, 2.24) is 9.80 Å². The zero-order valence-electron chi connectivity index (χ0n) is 14.1. The normalized spacial score (nSPS) is 31.0. The Balaban J connectivity index is 1.83. The van der Waals surface area contributed by atoms with Gasteiger partial charge in [-0.2, -0.15) is 0 Å². The van der Waals surface area contributed by atoms with E-state index in [1.54, 1.807) is 0 Å². The molecule has 0 aromatic rings. The van der Waals surface area contributed by atoms with E-state index in [1.807, 2.05) is 0 Å². The van der Waals surface area contributed by atoms with Gasteiger partial charge in [-0.15, -0.1) is 0 Å². The summed E-state index contributed by atoms with van der Waals surface area (Å²) in [4.78, 5) is 17.3. The fourth-order valence-electron chi connectivity index (χ4n) is 3.85. The maximum atomic E-state index is 12.7. The van der Waals surface area contributed by atoms with Gasteiger partial charge in [-0.1, -0.05) is 20.3 Å².